The molecule has 0 aliphatic rings. The molecule has 4 heteroatoms. The van der Waals surface area contributed by atoms with E-state index in [0.717, 1.165) is 25.8 Å². The zero-order chi connectivity index (χ0) is 14.8. The van der Waals surface area contributed by atoms with E-state index in [1.807, 2.05) is 0 Å². The molecule has 0 heterocycles. The van der Waals surface area contributed by atoms with Crippen LogP contribution in [0.1, 0.15) is 38.7 Å². The lowest BCUT2D eigenvalue weighted by Crippen LogP contribution is -2.38. The molecule has 0 aliphatic carbocycles. The van der Waals surface area contributed by atoms with Crippen molar-refractivity contribution in [3.05, 3.63) is 33.4 Å². The lowest BCUT2D eigenvalue weighted by atomic mass is 10.1. The van der Waals surface area contributed by atoms with Gasteiger partial charge in [0.2, 0.25) is 5.91 Å². The van der Waals surface area contributed by atoms with Crippen LogP contribution in [0.15, 0.2) is 24.3 Å². The van der Waals surface area contributed by atoms with Crippen LogP contribution < -0.4 is 10.6 Å². The van der Waals surface area contributed by atoms with Gasteiger partial charge in [0.25, 0.3) is 0 Å². The highest BCUT2D eigenvalue weighted by atomic mass is 127. The molecular formula is C16H25IN2O. The predicted octanol–water partition coefficient (Wildman–Crippen LogP) is 3.12. The first-order chi connectivity index (χ1) is 9.61. The largest absolute Gasteiger partial charge is 0.355 e. The maximum atomic E-state index is 11.7. The highest BCUT2D eigenvalue weighted by molar-refractivity contribution is 14.1. The molecular weight excluding hydrogens is 363 g/mol. The van der Waals surface area contributed by atoms with Gasteiger partial charge in [0.1, 0.15) is 0 Å². The number of rotatable bonds is 9. The SMILES string of the molecule is CCN[C@H](C)CNC(=O)CCCCc1ccc(I)cc1. The highest BCUT2D eigenvalue weighted by Gasteiger charge is 2.04. The van der Waals surface area contributed by atoms with Crippen molar-refractivity contribution in [2.75, 3.05) is 13.1 Å². The second-order valence-electron chi connectivity index (χ2n) is 5.10. The summed E-state index contributed by atoms with van der Waals surface area (Å²) in [6.45, 7) is 5.81. The van der Waals surface area contributed by atoms with E-state index in [1.165, 1.54) is 9.13 Å². The van der Waals surface area contributed by atoms with E-state index in [0.29, 0.717) is 19.0 Å². The predicted molar refractivity (Wildman–Crippen MR) is 92.9 cm³/mol. The average molecular weight is 388 g/mol. The van der Waals surface area contributed by atoms with Gasteiger partial charge in [0.05, 0.1) is 0 Å². The van der Waals surface area contributed by atoms with Crippen molar-refractivity contribution in [2.24, 2.45) is 0 Å². The van der Waals surface area contributed by atoms with Gasteiger partial charge < -0.3 is 10.6 Å². The topological polar surface area (TPSA) is 41.1 Å². The molecule has 3 nitrogen and oxygen atoms in total. The van der Waals surface area contributed by atoms with Gasteiger partial charge in [-0.15, -0.1) is 0 Å². The fourth-order valence-electron chi connectivity index (χ4n) is 2.04. The van der Waals surface area contributed by atoms with Crippen molar-refractivity contribution in [1.82, 2.24) is 10.6 Å². The van der Waals surface area contributed by atoms with Gasteiger partial charge in [-0.2, -0.15) is 0 Å². The summed E-state index contributed by atoms with van der Waals surface area (Å²) in [5.74, 6) is 0.164. The van der Waals surface area contributed by atoms with Gasteiger partial charge in [-0.25, -0.2) is 0 Å². The molecule has 1 rings (SSSR count). The maximum absolute atomic E-state index is 11.7. The zero-order valence-electron chi connectivity index (χ0n) is 12.4. The van der Waals surface area contributed by atoms with Crippen molar-refractivity contribution in [3.8, 4) is 0 Å². The number of carbonyl (C=O) groups is 1. The summed E-state index contributed by atoms with van der Waals surface area (Å²) in [6, 6.07) is 8.94. The van der Waals surface area contributed by atoms with Crippen molar-refractivity contribution >= 4 is 28.5 Å². The van der Waals surface area contributed by atoms with Gasteiger partial charge in [0, 0.05) is 22.6 Å². The van der Waals surface area contributed by atoms with Crippen LogP contribution in [0.3, 0.4) is 0 Å². The van der Waals surface area contributed by atoms with Crippen LogP contribution >= 0.6 is 22.6 Å². The van der Waals surface area contributed by atoms with E-state index in [1.54, 1.807) is 0 Å². The molecule has 0 aromatic heterocycles. The minimum atomic E-state index is 0.164. The van der Waals surface area contributed by atoms with Crippen LogP contribution in [0.25, 0.3) is 0 Å². The van der Waals surface area contributed by atoms with E-state index < -0.39 is 0 Å². The molecule has 0 saturated carbocycles. The van der Waals surface area contributed by atoms with Crippen LogP contribution in [-0.4, -0.2) is 25.0 Å². The molecule has 0 radical (unpaired) electrons. The van der Waals surface area contributed by atoms with Crippen LogP contribution in [0.4, 0.5) is 0 Å². The summed E-state index contributed by atoms with van der Waals surface area (Å²) < 4.78 is 1.26. The summed E-state index contributed by atoms with van der Waals surface area (Å²) in [5.41, 5.74) is 1.35. The Hall–Kier alpha value is -0.620. The summed E-state index contributed by atoms with van der Waals surface area (Å²) in [6.07, 6.45) is 3.70. The van der Waals surface area contributed by atoms with Crippen molar-refractivity contribution in [3.63, 3.8) is 0 Å². The van der Waals surface area contributed by atoms with E-state index in [4.69, 9.17) is 0 Å². The maximum Gasteiger partial charge on any atom is 0.220 e. The standard InChI is InChI=1S/C16H25IN2O/c1-3-18-13(2)12-19-16(20)7-5-4-6-14-8-10-15(17)11-9-14/h8-11,13,18H,3-7,12H2,1-2H3,(H,19,20)/t13-/m1/s1. The molecule has 1 atom stereocenters. The quantitative estimate of drug-likeness (QED) is 0.504. The minimum absolute atomic E-state index is 0.164. The first kappa shape index (κ1) is 17.4. The Kier molecular flexibility index (Phi) is 8.85. The molecule has 0 spiro atoms. The van der Waals surface area contributed by atoms with Crippen LogP contribution in [0.2, 0.25) is 0 Å². The number of aryl methyl sites for hydroxylation is 1. The number of hydrogen-bond donors (Lipinski definition) is 2. The number of benzene rings is 1. The van der Waals surface area contributed by atoms with Crippen molar-refractivity contribution in [2.45, 2.75) is 45.6 Å². The Morgan fingerprint density at radius 3 is 2.60 bits per heavy atom. The summed E-state index contributed by atoms with van der Waals surface area (Å²) in [5, 5.41) is 6.25. The Balaban J connectivity index is 2.08. The summed E-state index contributed by atoms with van der Waals surface area (Å²) >= 11 is 2.31. The van der Waals surface area contributed by atoms with Crippen molar-refractivity contribution < 1.29 is 4.79 Å². The van der Waals surface area contributed by atoms with Crippen LogP contribution in [0, 0.1) is 3.57 Å². The fourth-order valence-corrected chi connectivity index (χ4v) is 2.40. The molecule has 0 aliphatic heterocycles. The zero-order valence-corrected chi connectivity index (χ0v) is 14.6. The van der Waals surface area contributed by atoms with Gasteiger partial charge in [-0.1, -0.05) is 19.1 Å². The third-order valence-electron chi connectivity index (χ3n) is 3.19. The van der Waals surface area contributed by atoms with E-state index in [9.17, 15) is 4.79 Å². The van der Waals surface area contributed by atoms with E-state index in [-0.39, 0.29) is 5.91 Å². The first-order valence-electron chi connectivity index (χ1n) is 7.36. The number of likely N-dealkylation sites (N-methyl/N-ethyl adjacent to an activating group) is 1. The average Bonchev–Trinajstić information content (AvgIpc) is 2.43. The molecule has 1 aromatic carbocycles. The third kappa shape index (κ3) is 7.85. The van der Waals surface area contributed by atoms with Gasteiger partial charge in [-0.3, -0.25) is 4.79 Å². The number of amides is 1. The molecule has 0 saturated heterocycles. The lowest BCUT2D eigenvalue weighted by Gasteiger charge is -2.13. The first-order valence-corrected chi connectivity index (χ1v) is 8.44. The second kappa shape index (κ2) is 10.2. The number of nitrogens with one attached hydrogen (secondary N) is 2. The monoisotopic (exact) mass is 388 g/mol. The van der Waals surface area contributed by atoms with Crippen LogP contribution in [0.5, 0.6) is 0 Å². The normalized spacial score (nSPS) is 12.2. The molecule has 0 bridgehead atoms. The lowest BCUT2D eigenvalue weighted by molar-refractivity contribution is -0.121. The van der Waals surface area contributed by atoms with Gasteiger partial charge in [0.15, 0.2) is 0 Å². The highest BCUT2D eigenvalue weighted by Crippen LogP contribution is 2.10. The van der Waals surface area contributed by atoms with E-state index in [2.05, 4.69) is 71.3 Å². The molecule has 1 amide bonds. The minimum Gasteiger partial charge on any atom is -0.355 e. The smallest absolute Gasteiger partial charge is 0.220 e. The molecule has 20 heavy (non-hydrogen) atoms. The second-order valence-corrected chi connectivity index (χ2v) is 6.34. The summed E-state index contributed by atoms with van der Waals surface area (Å²) in [4.78, 5) is 11.7. The molecule has 1 aromatic rings. The Labute approximate surface area is 136 Å². The third-order valence-corrected chi connectivity index (χ3v) is 3.91. The Bertz CT molecular complexity index is 392. The number of hydrogen-bond acceptors (Lipinski definition) is 2. The fraction of sp³-hybridized carbons (Fsp3) is 0.562. The van der Waals surface area contributed by atoms with Crippen molar-refractivity contribution in [1.29, 1.82) is 0 Å². The molecule has 112 valence electrons. The number of unbranched alkanes of at least 4 members (excludes halogenated alkanes) is 1. The Morgan fingerprint density at radius 2 is 1.95 bits per heavy atom. The summed E-state index contributed by atoms with van der Waals surface area (Å²) in [7, 11) is 0. The molecule has 0 fully saturated rings. The van der Waals surface area contributed by atoms with Crippen LogP contribution in [-0.2, 0) is 11.2 Å². The number of carbonyl (C=O) groups excluding carboxylic acids is 1. The number of halogens is 1. The molecule has 0 unspecified atom stereocenters. The molecule has 2 N–H and O–H groups in total. The van der Waals surface area contributed by atoms with Gasteiger partial charge in [-0.05, 0) is 73.0 Å². The van der Waals surface area contributed by atoms with Gasteiger partial charge >= 0.3 is 0 Å². The Morgan fingerprint density at radius 1 is 1.25 bits per heavy atom. The van der Waals surface area contributed by atoms with E-state index >= 15 is 0 Å².